The van der Waals surface area contributed by atoms with E-state index in [1.165, 1.54) is 69.2 Å². The van der Waals surface area contributed by atoms with Crippen molar-refractivity contribution in [2.75, 3.05) is 7.11 Å². The van der Waals surface area contributed by atoms with Crippen molar-refractivity contribution in [3.05, 3.63) is 30.1 Å². The van der Waals surface area contributed by atoms with Gasteiger partial charge in [-0.25, -0.2) is 4.39 Å². The fraction of sp³-hybridized carbons (Fsp3) is 0.609. The number of halogens is 1. The van der Waals surface area contributed by atoms with E-state index in [0.717, 1.165) is 19.3 Å². The molecule has 0 atom stereocenters. The first-order valence-electron chi connectivity index (χ1n) is 11.0. The maximum Gasteiger partial charge on any atom is 0.336 e. The molecule has 0 fully saturated rings. The Labute approximate surface area is 173 Å². The second kappa shape index (κ2) is 13.1. The molecule has 0 aliphatic rings. The van der Waals surface area contributed by atoms with E-state index < -0.39 is 5.82 Å². The molecule has 2 rings (SSSR count). The summed E-state index contributed by atoms with van der Waals surface area (Å²) in [5.74, 6) is -0.436. The molecule has 0 amide bonds. The number of nitrogens with zero attached hydrogens (tertiary/aromatic N) is 3. The van der Waals surface area contributed by atoms with Gasteiger partial charge in [0.1, 0.15) is 5.82 Å². The molecular weight excluding hydrogens is 369 g/mol. The van der Waals surface area contributed by atoms with Crippen LogP contribution < -0.4 is 4.74 Å². The Morgan fingerprint density at radius 3 is 2.14 bits per heavy atom. The van der Waals surface area contributed by atoms with Gasteiger partial charge in [-0.1, -0.05) is 83.3 Å². The van der Waals surface area contributed by atoms with E-state index in [4.69, 9.17) is 4.74 Å². The van der Waals surface area contributed by atoms with Gasteiger partial charge in [0.15, 0.2) is 5.82 Å². The lowest BCUT2D eigenvalue weighted by Crippen LogP contribution is -2.14. The smallest absolute Gasteiger partial charge is 0.336 e. The minimum atomic E-state index is -0.439. The highest BCUT2D eigenvalue weighted by Crippen LogP contribution is 2.23. The largest absolute Gasteiger partial charge is 0.466 e. The fourth-order valence-electron chi connectivity index (χ4n) is 3.42. The number of rotatable bonds is 14. The quantitative estimate of drug-likeness (QED) is 0.341. The SMILES string of the molecule is CCCCCCCCCCCCCC(=O)n1nc(OC)nc1-c1ccccc1F. The minimum absolute atomic E-state index is 0.0653. The van der Waals surface area contributed by atoms with Crippen molar-refractivity contribution in [1.82, 2.24) is 14.8 Å². The van der Waals surface area contributed by atoms with Crippen molar-refractivity contribution in [1.29, 1.82) is 0 Å². The van der Waals surface area contributed by atoms with Crippen molar-refractivity contribution >= 4 is 5.91 Å². The van der Waals surface area contributed by atoms with E-state index in [0.29, 0.717) is 6.42 Å². The molecule has 0 unspecified atom stereocenters. The monoisotopic (exact) mass is 403 g/mol. The Bertz CT molecular complexity index is 745. The third kappa shape index (κ3) is 7.59. The summed E-state index contributed by atoms with van der Waals surface area (Å²) in [6, 6.07) is 6.30. The van der Waals surface area contributed by atoms with Crippen molar-refractivity contribution < 1.29 is 13.9 Å². The molecule has 2 aromatic rings. The summed E-state index contributed by atoms with van der Waals surface area (Å²) in [5.41, 5.74) is 0.246. The fourth-order valence-corrected chi connectivity index (χ4v) is 3.42. The topological polar surface area (TPSA) is 57.0 Å². The van der Waals surface area contributed by atoms with Crippen LogP contribution in [0.4, 0.5) is 4.39 Å². The molecule has 160 valence electrons. The molecule has 1 heterocycles. The summed E-state index contributed by atoms with van der Waals surface area (Å²) in [7, 11) is 1.43. The summed E-state index contributed by atoms with van der Waals surface area (Å²) in [4.78, 5) is 16.8. The van der Waals surface area contributed by atoms with Gasteiger partial charge in [-0.15, -0.1) is 5.10 Å². The first-order valence-corrected chi connectivity index (χ1v) is 11.0. The second-order valence-corrected chi connectivity index (χ2v) is 7.49. The molecule has 0 aliphatic heterocycles. The summed E-state index contributed by atoms with van der Waals surface area (Å²) in [6.45, 7) is 2.24. The van der Waals surface area contributed by atoms with Crippen LogP contribution >= 0.6 is 0 Å². The number of unbranched alkanes of at least 4 members (excludes halogenated alkanes) is 10. The van der Waals surface area contributed by atoms with Gasteiger partial charge < -0.3 is 4.74 Å². The van der Waals surface area contributed by atoms with Gasteiger partial charge in [-0.05, 0) is 18.6 Å². The highest BCUT2D eigenvalue weighted by Gasteiger charge is 2.20. The van der Waals surface area contributed by atoms with E-state index in [9.17, 15) is 9.18 Å². The number of hydrogen-bond donors (Lipinski definition) is 0. The standard InChI is InChI=1S/C23H34FN3O2/c1-3-4-5-6-7-8-9-10-11-12-13-18-21(28)27-22(25-23(26-27)29-2)19-16-14-15-17-20(19)24/h14-17H,3-13,18H2,1-2H3. The number of methoxy groups -OCH3 is 1. The number of ether oxygens (including phenoxy) is 1. The third-order valence-electron chi connectivity index (χ3n) is 5.12. The van der Waals surface area contributed by atoms with Crippen LogP contribution in [0, 0.1) is 5.82 Å². The van der Waals surface area contributed by atoms with Gasteiger partial charge >= 0.3 is 6.01 Å². The summed E-state index contributed by atoms with van der Waals surface area (Å²) < 4.78 is 20.4. The van der Waals surface area contributed by atoms with Gasteiger partial charge in [-0.2, -0.15) is 9.67 Å². The van der Waals surface area contributed by atoms with Crippen LogP contribution in [0.5, 0.6) is 6.01 Å². The molecule has 1 aromatic carbocycles. The molecule has 29 heavy (non-hydrogen) atoms. The summed E-state index contributed by atoms with van der Waals surface area (Å²) in [6.07, 6.45) is 13.8. The first kappa shape index (κ1) is 23.0. The molecule has 0 spiro atoms. The van der Waals surface area contributed by atoms with Crippen LogP contribution in [0.2, 0.25) is 0 Å². The Kier molecular flexibility index (Phi) is 10.4. The first-order chi connectivity index (χ1) is 14.2. The summed E-state index contributed by atoms with van der Waals surface area (Å²) >= 11 is 0. The molecule has 0 bridgehead atoms. The van der Waals surface area contributed by atoms with Gasteiger partial charge in [-0.3, -0.25) is 4.79 Å². The van der Waals surface area contributed by atoms with Crippen LogP contribution in [-0.2, 0) is 0 Å². The number of carbonyl (C=O) groups excluding carboxylic acids is 1. The number of aromatic nitrogens is 3. The highest BCUT2D eigenvalue weighted by molar-refractivity contribution is 5.82. The van der Waals surface area contributed by atoms with E-state index >= 15 is 0 Å². The molecule has 0 saturated heterocycles. The second-order valence-electron chi connectivity index (χ2n) is 7.49. The van der Waals surface area contributed by atoms with Crippen LogP contribution in [0.25, 0.3) is 11.4 Å². The zero-order valence-electron chi connectivity index (χ0n) is 17.8. The molecule has 0 radical (unpaired) electrons. The van der Waals surface area contributed by atoms with Crippen LogP contribution in [0.3, 0.4) is 0 Å². The number of hydrogen-bond acceptors (Lipinski definition) is 4. The van der Waals surface area contributed by atoms with Gasteiger partial charge in [0.2, 0.25) is 5.91 Å². The zero-order valence-corrected chi connectivity index (χ0v) is 17.8. The molecule has 6 heteroatoms. The van der Waals surface area contributed by atoms with Crippen molar-refractivity contribution in [3.8, 4) is 17.4 Å². The Morgan fingerprint density at radius 1 is 0.966 bits per heavy atom. The third-order valence-corrected chi connectivity index (χ3v) is 5.12. The van der Waals surface area contributed by atoms with Crippen molar-refractivity contribution in [3.63, 3.8) is 0 Å². The Morgan fingerprint density at radius 2 is 1.55 bits per heavy atom. The van der Waals surface area contributed by atoms with Gasteiger partial charge in [0.25, 0.3) is 0 Å². The predicted molar refractivity (Wildman–Crippen MR) is 114 cm³/mol. The van der Waals surface area contributed by atoms with Crippen molar-refractivity contribution in [2.45, 2.75) is 84.0 Å². The molecular formula is C23H34FN3O2. The maximum absolute atomic E-state index is 14.1. The minimum Gasteiger partial charge on any atom is -0.466 e. The maximum atomic E-state index is 14.1. The van der Waals surface area contributed by atoms with Crippen LogP contribution in [0.15, 0.2) is 24.3 Å². The molecule has 1 aromatic heterocycles. The Hall–Kier alpha value is -2.24. The molecule has 0 aliphatic carbocycles. The Balaban J connectivity index is 1.74. The number of carbonyl (C=O) groups is 1. The molecule has 0 N–H and O–H groups in total. The van der Waals surface area contributed by atoms with Crippen LogP contribution in [0.1, 0.15) is 88.8 Å². The lowest BCUT2D eigenvalue weighted by Gasteiger charge is -2.06. The zero-order chi connectivity index (χ0) is 20.9. The molecule has 0 saturated carbocycles. The lowest BCUT2D eigenvalue weighted by molar-refractivity contribution is 0.0883. The average Bonchev–Trinajstić information content (AvgIpc) is 3.16. The van der Waals surface area contributed by atoms with E-state index in [1.807, 2.05) is 0 Å². The van der Waals surface area contributed by atoms with Gasteiger partial charge in [0.05, 0.1) is 12.7 Å². The average molecular weight is 404 g/mol. The lowest BCUT2D eigenvalue weighted by atomic mass is 10.1. The van der Waals surface area contributed by atoms with Gasteiger partial charge in [0, 0.05) is 6.42 Å². The summed E-state index contributed by atoms with van der Waals surface area (Å²) in [5, 5.41) is 4.08. The predicted octanol–water partition coefficient (Wildman–Crippen LogP) is 6.43. The van der Waals surface area contributed by atoms with E-state index in [2.05, 4.69) is 17.0 Å². The van der Waals surface area contributed by atoms with Crippen molar-refractivity contribution in [2.24, 2.45) is 0 Å². The van der Waals surface area contributed by atoms with E-state index in [-0.39, 0.29) is 23.3 Å². The normalized spacial score (nSPS) is 11.0. The number of benzene rings is 1. The van der Waals surface area contributed by atoms with E-state index in [1.54, 1.807) is 18.2 Å². The van der Waals surface area contributed by atoms with Crippen LogP contribution in [-0.4, -0.2) is 27.8 Å². The highest BCUT2D eigenvalue weighted by atomic mass is 19.1. The molecule has 5 nitrogen and oxygen atoms in total.